The van der Waals surface area contributed by atoms with Gasteiger partial charge in [0.2, 0.25) is 0 Å². The highest BCUT2D eigenvalue weighted by molar-refractivity contribution is 6.39. The van der Waals surface area contributed by atoms with Crippen LogP contribution in [0.15, 0.2) is 41.0 Å². The predicted octanol–water partition coefficient (Wildman–Crippen LogP) is 2.16. The first kappa shape index (κ1) is 17.7. The highest BCUT2D eigenvalue weighted by Gasteiger charge is 2.17. The molecule has 2 aromatic rings. The molecule has 0 saturated carbocycles. The van der Waals surface area contributed by atoms with Crippen LogP contribution in [0, 0.1) is 11.7 Å². The van der Waals surface area contributed by atoms with Gasteiger partial charge in [0, 0.05) is 18.7 Å². The van der Waals surface area contributed by atoms with Crippen molar-refractivity contribution in [1.82, 2.24) is 5.32 Å². The van der Waals surface area contributed by atoms with Crippen molar-refractivity contribution >= 4 is 17.5 Å². The minimum Gasteiger partial charge on any atom is -0.464 e. The van der Waals surface area contributed by atoms with Gasteiger partial charge in [0.25, 0.3) is 0 Å². The summed E-state index contributed by atoms with van der Waals surface area (Å²) >= 11 is 0. The Morgan fingerprint density at radius 3 is 2.75 bits per heavy atom. The van der Waals surface area contributed by atoms with Crippen LogP contribution < -0.4 is 10.6 Å². The molecule has 1 aromatic carbocycles. The maximum atomic E-state index is 13.8. The molecule has 1 atom stereocenters. The third-order valence-corrected chi connectivity index (χ3v) is 3.46. The van der Waals surface area contributed by atoms with E-state index in [1.54, 1.807) is 12.1 Å². The Kier molecular flexibility index (Phi) is 6.08. The Morgan fingerprint density at radius 2 is 2.08 bits per heavy atom. The van der Waals surface area contributed by atoms with Crippen molar-refractivity contribution in [2.24, 2.45) is 5.92 Å². The van der Waals surface area contributed by atoms with Crippen molar-refractivity contribution in [1.29, 1.82) is 0 Å². The largest absolute Gasteiger partial charge is 0.464 e. The molecule has 1 unspecified atom stereocenters. The number of rotatable bonds is 6. The lowest BCUT2D eigenvalue weighted by atomic mass is 10.1. The quantitative estimate of drug-likeness (QED) is 0.706. The van der Waals surface area contributed by atoms with E-state index in [9.17, 15) is 14.0 Å². The summed E-state index contributed by atoms with van der Waals surface area (Å²) in [4.78, 5) is 23.6. The van der Waals surface area contributed by atoms with Crippen LogP contribution in [0.4, 0.5) is 10.1 Å². The van der Waals surface area contributed by atoms with Crippen molar-refractivity contribution in [2.45, 2.75) is 13.3 Å². The number of aliphatic hydroxyl groups is 1. The molecule has 3 N–H and O–H groups in total. The molecule has 0 bridgehead atoms. The van der Waals surface area contributed by atoms with E-state index in [-0.39, 0.29) is 24.8 Å². The van der Waals surface area contributed by atoms with Crippen LogP contribution in [0.3, 0.4) is 0 Å². The molecule has 0 fully saturated rings. The van der Waals surface area contributed by atoms with Crippen molar-refractivity contribution in [3.63, 3.8) is 0 Å². The minimum atomic E-state index is -0.957. The number of benzene rings is 1. The number of anilines is 1. The molecule has 1 heterocycles. The van der Waals surface area contributed by atoms with Gasteiger partial charge in [-0.3, -0.25) is 9.59 Å². The molecule has 0 aliphatic heterocycles. The molecule has 1 aromatic heterocycles. The summed E-state index contributed by atoms with van der Waals surface area (Å²) in [7, 11) is 0. The molecule has 0 aliphatic rings. The van der Waals surface area contributed by atoms with Crippen molar-refractivity contribution < 1.29 is 23.5 Å². The van der Waals surface area contributed by atoms with Gasteiger partial charge < -0.3 is 20.2 Å². The second-order valence-corrected chi connectivity index (χ2v) is 5.45. The molecular formula is C17H19FN2O4. The molecule has 0 radical (unpaired) electrons. The molecule has 128 valence electrons. The highest BCUT2D eigenvalue weighted by atomic mass is 19.1. The molecule has 0 spiro atoms. The SMILES string of the molecule is CC(CCO)CNC(=O)C(=O)Nc1cc(-c2ccco2)ccc1F. The number of amides is 2. The van der Waals surface area contributed by atoms with Crippen molar-refractivity contribution in [3.8, 4) is 11.3 Å². The molecule has 6 nitrogen and oxygen atoms in total. The van der Waals surface area contributed by atoms with Gasteiger partial charge >= 0.3 is 11.8 Å². The number of carbonyl (C=O) groups excluding carboxylic acids is 2. The average Bonchev–Trinajstić information content (AvgIpc) is 3.09. The summed E-state index contributed by atoms with van der Waals surface area (Å²) < 4.78 is 19.1. The number of furan rings is 1. The lowest BCUT2D eigenvalue weighted by Gasteiger charge is -2.11. The standard InChI is InChI=1S/C17H19FN2O4/c1-11(6-7-21)10-19-16(22)17(23)20-14-9-12(4-5-13(14)18)15-3-2-8-24-15/h2-5,8-9,11,21H,6-7,10H2,1H3,(H,19,22)(H,20,23). The van der Waals surface area contributed by atoms with Gasteiger partial charge in [0.05, 0.1) is 12.0 Å². The smallest absolute Gasteiger partial charge is 0.313 e. The fourth-order valence-corrected chi connectivity index (χ4v) is 2.07. The first-order valence-electron chi connectivity index (χ1n) is 7.54. The molecule has 2 amide bonds. The van der Waals surface area contributed by atoms with Crippen molar-refractivity contribution in [2.75, 3.05) is 18.5 Å². The maximum absolute atomic E-state index is 13.8. The summed E-state index contributed by atoms with van der Waals surface area (Å²) in [5.74, 6) is -1.91. The number of hydrogen-bond donors (Lipinski definition) is 3. The van der Waals surface area contributed by atoms with Gasteiger partial charge in [-0.05, 0) is 42.7 Å². The van der Waals surface area contributed by atoms with Gasteiger partial charge in [0.15, 0.2) is 0 Å². The molecule has 24 heavy (non-hydrogen) atoms. The lowest BCUT2D eigenvalue weighted by molar-refractivity contribution is -0.136. The average molecular weight is 334 g/mol. The maximum Gasteiger partial charge on any atom is 0.313 e. The van der Waals surface area contributed by atoms with Crippen LogP contribution in [-0.2, 0) is 9.59 Å². The Hall–Kier alpha value is -2.67. The van der Waals surface area contributed by atoms with Crippen LogP contribution in [-0.4, -0.2) is 30.1 Å². The molecule has 0 aliphatic carbocycles. The van der Waals surface area contributed by atoms with Crippen LogP contribution in [0.5, 0.6) is 0 Å². The van der Waals surface area contributed by atoms with Crippen LogP contribution in [0.2, 0.25) is 0 Å². The number of carbonyl (C=O) groups is 2. The summed E-state index contributed by atoms with van der Waals surface area (Å²) in [6.07, 6.45) is 2.00. The molecule has 0 saturated heterocycles. The summed E-state index contributed by atoms with van der Waals surface area (Å²) in [5, 5.41) is 13.5. The summed E-state index contributed by atoms with van der Waals surface area (Å²) in [5.41, 5.74) is 0.473. The number of aliphatic hydroxyl groups excluding tert-OH is 1. The Morgan fingerprint density at radius 1 is 1.29 bits per heavy atom. The zero-order chi connectivity index (χ0) is 17.5. The predicted molar refractivity (Wildman–Crippen MR) is 86.6 cm³/mol. The first-order chi connectivity index (χ1) is 11.5. The van der Waals surface area contributed by atoms with Gasteiger partial charge in [-0.15, -0.1) is 0 Å². The van der Waals surface area contributed by atoms with Crippen molar-refractivity contribution in [3.05, 3.63) is 42.4 Å². The van der Waals surface area contributed by atoms with Crippen LogP contribution in [0.25, 0.3) is 11.3 Å². The summed E-state index contributed by atoms with van der Waals surface area (Å²) in [6, 6.07) is 7.49. The van der Waals surface area contributed by atoms with Gasteiger partial charge in [-0.1, -0.05) is 6.92 Å². The third kappa shape index (κ3) is 4.66. The zero-order valence-electron chi connectivity index (χ0n) is 13.2. The second-order valence-electron chi connectivity index (χ2n) is 5.45. The van der Waals surface area contributed by atoms with E-state index in [2.05, 4.69) is 10.6 Å². The highest BCUT2D eigenvalue weighted by Crippen LogP contribution is 2.25. The number of halogens is 1. The van der Waals surface area contributed by atoms with Crippen LogP contribution in [0.1, 0.15) is 13.3 Å². The Balaban J connectivity index is 2.00. The van der Waals surface area contributed by atoms with Gasteiger partial charge in [0.1, 0.15) is 11.6 Å². The van der Waals surface area contributed by atoms with E-state index < -0.39 is 17.6 Å². The third-order valence-electron chi connectivity index (χ3n) is 3.46. The fraction of sp³-hybridized carbons (Fsp3) is 0.294. The van der Waals surface area contributed by atoms with Gasteiger partial charge in [-0.25, -0.2) is 4.39 Å². The van der Waals surface area contributed by atoms with E-state index in [1.165, 1.54) is 24.5 Å². The van der Waals surface area contributed by atoms with E-state index in [0.717, 1.165) is 0 Å². The monoisotopic (exact) mass is 334 g/mol. The van der Waals surface area contributed by atoms with E-state index in [0.29, 0.717) is 17.7 Å². The molecule has 2 rings (SSSR count). The number of nitrogens with one attached hydrogen (secondary N) is 2. The Labute approximate surface area is 138 Å². The summed E-state index contributed by atoms with van der Waals surface area (Å²) in [6.45, 7) is 2.09. The Bertz CT molecular complexity index is 701. The van der Waals surface area contributed by atoms with E-state index >= 15 is 0 Å². The first-order valence-corrected chi connectivity index (χ1v) is 7.54. The second kappa shape index (κ2) is 8.26. The van der Waals surface area contributed by atoms with E-state index in [1.807, 2.05) is 6.92 Å². The zero-order valence-corrected chi connectivity index (χ0v) is 13.2. The normalized spacial score (nSPS) is 11.8. The number of hydrogen-bond acceptors (Lipinski definition) is 4. The lowest BCUT2D eigenvalue weighted by Crippen LogP contribution is -2.38. The van der Waals surface area contributed by atoms with E-state index in [4.69, 9.17) is 9.52 Å². The molecular weight excluding hydrogens is 315 g/mol. The fourth-order valence-electron chi connectivity index (χ4n) is 2.07. The molecule has 7 heteroatoms. The van der Waals surface area contributed by atoms with Gasteiger partial charge in [-0.2, -0.15) is 0 Å². The minimum absolute atomic E-state index is 0.00795. The van der Waals surface area contributed by atoms with Crippen LogP contribution >= 0.6 is 0 Å². The topological polar surface area (TPSA) is 91.6 Å².